The number of aromatic nitrogens is 1. The maximum atomic E-state index is 13.7. The van der Waals surface area contributed by atoms with E-state index in [1.807, 2.05) is 31.2 Å². The third-order valence-electron chi connectivity index (χ3n) is 6.70. The Morgan fingerprint density at radius 1 is 1.23 bits per heavy atom. The number of amides is 1. The molecule has 1 heterocycles. The fourth-order valence-corrected chi connectivity index (χ4v) is 5.13. The first-order valence-corrected chi connectivity index (χ1v) is 10.6. The zero-order valence-corrected chi connectivity index (χ0v) is 17.1. The molecule has 6 heteroatoms. The van der Waals surface area contributed by atoms with Gasteiger partial charge in [-0.2, -0.15) is 5.26 Å². The minimum atomic E-state index is -0.269. The lowest BCUT2D eigenvalue weighted by atomic mass is 9.97. The van der Waals surface area contributed by atoms with Crippen molar-refractivity contribution in [2.24, 2.45) is 23.7 Å². The van der Waals surface area contributed by atoms with Gasteiger partial charge in [-0.1, -0.05) is 25.1 Å². The number of fused-ring (bicyclic) bond motifs is 2. The maximum Gasteiger partial charge on any atom is 0.228 e. The molecule has 5 atom stereocenters. The second kappa shape index (κ2) is 7.66. The summed E-state index contributed by atoms with van der Waals surface area (Å²) in [6, 6.07) is 15.8. The van der Waals surface area contributed by atoms with E-state index in [9.17, 15) is 9.18 Å². The van der Waals surface area contributed by atoms with E-state index < -0.39 is 0 Å². The first kappa shape index (κ1) is 19.5. The van der Waals surface area contributed by atoms with Crippen LogP contribution in [0.5, 0.6) is 5.75 Å². The van der Waals surface area contributed by atoms with Crippen LogP contribution in [0.4, 0.5) is 10.2 Å². The molecule has 2 aliphatic rings. The minimum absolute atomic E-state index is 0.0430. The Morgan fingerprint density at radius 2 is 2.03 bits per heavy atom. The van der Waals surface area contributed by atoms with E-state index >= 15 is 0 Å². The standard InChI is InChI=1S/C25H22FN3O2/c1-14(25(30)29-23-8-5-15(12-27)13-28-23)24-20-10-18(11-21(20)24)31-22-4-2-3-16-6-7-17(26)9-19(16)22/h2-9,13-14,18,20-21,24H,10-11H2,1H3,(H,28,29,30)/t14?,18?,20-,21+,24?. The van der Waals surface area contributed by atoms with Gasteiger partial charge in [-0.05, 0) is 66.3 Å². The van der Waals surface area contributed by atoms with Gasteiger partial charge in [0.25, 0.3) is 0 Å². The predicted molar refractivity (Wildman–Crippen MR) is 115 cm³/mol. The third kappa shape index (κ3) is 3.72. The highest BCUT2D eigenvalue weighted by atomic mass is 19.1. The molecule has 3 unspecified atom stereocenters. The van der Waals surface area contributed by atoms with Crippen molar-refractivity contribution < 1.29 is 13.9 Å². The highest BCUT2D eigenvalue weighted by Crippen LogP contribution is 2.61. The number of carbonyl (C=O) groups is 1. The Bertz CT molecular complexity index is 1180. The summed E-state index contributed by atoms with van der Waals surface area (Å²) in [5.74, 6) is 2.07. The molecule has 1 aromatic heterocycles. The molecule has 31 heavy (non-hydrogen) atoms. The van der Waals surface area contributed by atoms with E-state index in [-0.39, 0.29) is 23.7 Å². The van der Waals surface area contributed by atoms with Crippen LogP contribution in [0.3, 0.4) is 0 Å². The van der Waals surface area contributed by atoms with Gasteiger partial charge in [0, 0.05) is 17.5 Å². The Labute approximate surface area is 179 Å². The molecule has 5 rings (SSSR count). The Morgan fingerprint density at radius 3 is 2.74 bits per heavy atom. The van der Waals surface area contributed by atoms with Crippen LogP contribution in [0.15, 0.2) is 54.7 Å². The predicted octanol–water partition coefficient (Wildman–Crippen LogP) is 4.92. The van der Waals surface area contributed by atoms with Crippen LogP contribution < -0.4 is 10.1 Å². The van der Waals surface area contributed by atoms with Crippen molar-refractivity contribution in [1.82, 2.24) is 4.98 Å². The highest BCUT2D eigenvalue weighted by molar-refractivity contribution is 5.92. The molecule has 3 aromatic rings. The van der Waals surface area contributed by atoms with Crippen LogP contribution in [0.25, 0.3) is 10.8 Å². The second-order valence-corrected chi connectivity index (χ2v) is 8.56. The van der Waals surface area contributed by atoms with Crippen molar-refractivity contribution in [2.75, 3.05) is 5.32 Å². The van der Waals surface area contributed by atoms with Crippen molar-refractivity contribution in [1.29, 1.82) is 5.26 Å². The highest BCUT2D eigenvalue weighted by Gasteiger charge is 2.59. The number of hydrogen-bond donors (Lipinski definition) is 1. The van der Waals surface area contributed by atoms with Gasteiger partial charge in [-0.15, -0.1) is 0 Å². The fraction of sp³-hybridized carbons (Fsp3) is 0.320. The van der Waals surface area contributed by atoms with Gasteiger partial charge in [0.2, 0.25) is 5.91 Å². The lowest BCUT2D eigenvalue weighted by Gasteiger charge is -2.20. The molecule has 1 N–H and O–H groups in total. The van der Waals surface area contributed by atoms with Gasteiger partial charge in [-0.25, -0.2) is 9.37 Å². The average molecular weight is 415 g/mol. The molecule has 1 amide bonds. The number of nitrogens with one attached hydrogen (secondary N) is 1. The number of anilines is 1. The van der Waals surface area contributed by atoms with Crippen molar-refractivity contribution in [3.8, 4) is 11.8 Å². The Kier molecular flexibility index (Phi) is 4.82. The first-order chi connectivity index (χ1) is 15.0. The van der Waals surface area contributed by atoms with Gasteiger partial charge in [0.1, 0.15) is 23.5 Å². The summed E-state index contributed by atoms with van der Waals surface area (Å²) in [4.78, 5) is 16.8. The van der Waals surface area contributed by atoms with Gasteiger partial charge in [0.05, 0.1) is 11.7 Å². The minimum Gasteiger partial charge on any atom is -0.490 e. The smallest absolute Gasteiger partial charge is 0.228 e. The van der Waals surface area contributed by atoms with Crippen molar-refractivity contribution >= 4 is 22.5 Å². The van der Waals surface area contributed by atoms with Crippen molar-refractivity contribution in [3.63, 3.8) is 0 Å². The van der Waals surface area contributed by atoms with Gasteiger partial charge in [-0.3, -0.25) is 4.79 Å². The van der Waals surface area contributed by atoms with Crippen molar-refractivity contribution in [2.45, 2.75) is 25.9 Å². The summed E-state index contributed by atoms with van der Waals surface area (Å²) >= 11 is 0. The van der Waals surface area contributed by atoms with Crippen LogP contribution in [0, 0.1) is 40.8 Å². The quantitative estimate of drug-likeness (QED) is 0.642. The fourth-order valence-electron chi connectivity index (χ4n) is 5.13. The summed E-state index contributed by atoms with van der Waals surface area (Å²) in [6.45, 7) is 1.96. The summed E-state index contributed by atoms with van der Waals surface area (Å²) in [6.07, 6.45) is 3.37. The van der Waals surface area contributed by atoms with Crippen LogP contribution in [0.1, 0.15) is 25.3 Å². The summed E-state index contributed by atoms with van der Waals surface area (Å²) in [5.41, 5.74) is 0.461. The number of benzene rings is 2. The number of rotatable bonds is 5. The van der Waals surface area contributed by atoms with Gasteiger partial charge >= 0.3 is 0 Å². The summed E-state index contributed by atoms with van der Waals surface area (Å²) in [5, 5.41) is 13.5. The van der Waals surface area contributed by atoms with E-state index in [2.05, 4.69) is 10.3 Å². The van der Waals surface area contributed by atoms with Crippen LogP contribution >= 0.6 is 0 Å². The van der Waals surface area contributed by atoms with E-state index in [1.165, 1.54) is 18.3 Å². The van der Waals surface area contributed by atoms with E-state index in [0.29, 0.717) is 29.1 Å². The molecule has 156 valence electrons. The zero-order valence-electron chi connectivity index (χ0n) is 17.1. The van der Waals surface area contributed by atoms with Crippen molar-refractivity contribution in [3.05, 3.63) is 66.1 Å². The molecule has 2 saturated carbocycles. The Balaban J connectivity index is 1.19. The second-order valence-electron chi connectivity index (χ2n) is 8.56. The SMILES string of the molecule is CC(C(=O)Nc1ccc(C#N)cn1)C1[C@H]2CC(Oc3cccc4ccc(F)cc34)C[C@@H]12. The molecule has 2 aromatic carbocycles. The average Bonchev–Trinajstić information content (AvgIpc) is 3.28. The number of hydrogen-bond acceptors (Lipinski definition) is 4. The third-order valence-corrected chi connectivity index (χ3v) is 6.70. The number of ether oxygens (including phenoxy) is 1. The number of nitrogens with zero attached hydrogens (tertiary/aromatic N) is 2. The number of pyridine rings is 1. The monoisotopic (exact) mass is 415 g/mol. The lowest BCUT2D eigenvalue weighted by molar-refractivity contribution is -0.120. The molecule has 2 aliphatic carbocycles. The molecule has 0 radical (unpaired) electrons. The molecular weight excluding hydrogens is 393 g/mol. The molecule has 0 aliphatic heterocycles. The maximum absolute atomic E-state index is 13.7. The molecular formula is C25H22FN3O2. The largest absolute Gasteiger partial charge is 0.490 e. The van der Waals surface area contributed by atoms with Gasteiger partial charge in [0.15, 0.2) is 0 Å². The molecule has 2 fully saturated rings. The van der Waals surface area contributed by atoms with Crippen LogP contribution in [-0.2, 0) is 4.79 Å². The summed E-state index contributed by atoms with van der Waals surface area (Å²) < 4.78 is 19.9. The molecule has 0 spiro atoms. The summed E-state index contributed by atoms with van der Waals surface area (Å²) in [7, 11) is 0. The van der Waals surface area contributed by atoms with E-state index in [0.717, 1.165) is 29.4 Å². The van der Waals surface area contributed by atoms with E-state index in [4.69, 9.17) is 10.00 Å². The topological polar surface area (TPSA) is 75.0 Å². The number of carbonyl (C=O) groups excluding carboxylic acids is 1. The van der Waals surface area contributed by atoms with E-state index in [1.54, 1.807) is 18.2 Å². The molecule has 0 bridgehead atoms. The normalized spacial score (nSPS) is 24.8. The van der Waals surface area contributed by atoms with Crippen LogP contribution in [-0.4, -0.2) is 17.0 Å². The first-order valence-electron chi connectivity index (χ1n) is 10.6. The van der Waals surface area contributed by atoms with Gasteiger partial charge < -0.3 is 10.1 Å². The lowest BCUT2D eigenvalue weighted by Crippen LogP contribution is -2.26. The van der Waals surface area contributed by atoms with Crippen LogP contribution in [0.2, 0.25) is 0 Å². The molecule has 5 nitrogen and oxygen atoms in total. The number of nitriles is 1. The Hall–Kier alpha value is -3.46. The number of halogens is 1. The zero-order chi connectivity index (χ0) is 21.5. The molecule has 0 saturated heterocycles.